The van der Waals surface area contributed by atoms with Gasteiger partial charge in [-0.05, 0) is 43.7 Å². The van der Waals surface area contributed by atoms with Crippen molar-refractivity contribution in [1.29, 1.82) is 0 Å². The maximum absolute atomic E-state index is 13.0. The molecule has 1 aliphatic heterocycles. The maximum atomic E-state index is 13.0. The fourth-order valence-electron chi connectivity index (χ4n) is 4.91. The van der Waals surface area contributed by atoms with Crippen LogP contribution in [0.3, 0.4) is 0 Å². The Morgan fingerprint density at radius 3 is 2.64 bits per heavy atom. The summed E-state index contributed by atoms with van der Waals surface area (Å²) in [6, 6.07) is 6.11. The van der Waals surface area contributed by atoms with Crippen molar-refractivity contribution in [3.63, 3.8) is 0 Å². The average molecular weight is 383 g/mol. The summed E-state index contributed by atoms with van der Waals surface area (Å²) in [5.41, 5.74) is 2.22. The fraction of sp³-hybridized carbons (Fsp3) is 0.652. The van der Waals surface area contributed by atoms with Gasteiger partial charge in [0.2, 0.25) is 5.91 Å². The van der Waals surface area contributed by atoms with E-state index in [0.717, 1.165) is 57.1 Å². The Bertz CT molecular complexity index is 770. The first kappa shape index (κ1) is 19.4. The number of amides is 1. The fourth-order valence-corrected chi connectivity index (χ4v) is 4.91. The number of carbonyl (C=O) groups is 1. The number of pyridine rings is 1. The molecule has 1 saturated carbocycles. The van der Waals surface area contributed by atoms with Crippen molar-refractivity contribution in [3.05, 3.63) is 36.3 Å². The van der Waals surface area contributed by atoms with Crippen LogP contribution in [0.5, 0.6) is 0 Å². The number of unbranched alkanes of at least 4 members (excludes halogenated alkanes) is 1. The zero-order chi connectivity index (χ0) is 19.3. The van der Waals surface area contributed by atoms with Gasteiger partial charge in [0.05, 0.1) is 11.9 Å². The van der Waals surface area contributed by atoms with Crippen molar-refractivity contribution in [3.8, 4) is 0 Å². The summed E-state index contributed by atoms with van der Waals surface area (Å²) in [5, 5.41) is 0. The summed E-state index contributed by atoms with van der Waals surface area (Å²) in [6.45, 7) is 6.81. The van der Waals surface area contributed by atoms with Gasteiger partial charge in [-0.15, -0.1) is 0 Å². The second kappa shape index (κ2) is 9.08. The summed E-state index contributed by atoms with van der Waals surface area (Å²) >= 11 is 0. The predicted octanol–water partition coefficient (Wildman–Crippen LogP) is 3.98. The van der Waals surface area contributed by atoms with Crippen LogP contribution < -0.4 is 0 Å². The Morgan fingerprint density at radius 2 is 1.89 bits per heavy atom. The molecule has 28 heavy (non-hydrogen) atoms. The molecular weight excluding hydrogens is 348 g/mol. The van der Waals surface area contributed by atoms with Crippen molar-refractivity contribution in [2.24, 2.45) is 11.8 Å². The minimum absolute atomic E-state index is 0.281. The van der Waals surface area contributed by atoms with Gasteiger partial charge in [0, 0.05) is 44.8 Å². The standard InChI is InChI=1S/C23H34N4O/c1-2-3-6-19-8-10-20(11-9-19)23(28)26-15-13-25(14-16-26)18-21-17-24-22-7-4-5-12-27(21)22/h4-5,7,12,17,19-20H,2-3,6,8-11,13-16,18H2,1H3. The molecule has 152 valence electrons. The molecule has 5 nitrogen and oxygen atoms in total. The van der Waals surface area contributed by atoms with Crippen LogP contribution in [0.1, 0.15) is 57.6 Å². The van der Waals surface area contributed by atoms with Crippen LogP contribution in [0.2, 0.25) is 0 Å². The van der Waals surface area contributed by atoms with E-state index in [2.05, 4.69) is 32.3 Å². The molecule has 3 heterocycles. The molecule has 0 bridgehead atoms. The monoisotopic (exact) mass is 382 g/mol. The highest BCUT2D eigenvalue weighted by Crippen LogP contribution is 2.33. The summed E-state index contributed by atoms with van der Waals surface area (Å²) < 4.78 is 2.16. The molecule has 1 amide bonds. The van der Waals surface area contributed by atoms with E-state index in [9.17, 15) is 4.79 Å². The van der Waals surface area contributed by atoms with Gasteiger partial charge in [-0.1, -0.05) is 32.3 Å². The number of carbonyl (C=O) groups excluding carboxylic acids is 1. The number of hydrogen-bond acceptors (Lipinski definition) is 3. The van der Waals surface area contributed by atoms with Gasteiger partial charge in [-0.25, -0.2) is 4.98 Å². The summed E-state index contributed by atoms with van der Waals surface area (Å²) in [4.78, 5) is 22.0. The Balaban J connectivity index is 1.24. The number of hydrogen-bond donors (Lipinski definition) is 0. The van der Waals surface area contributed by atoms with E-state index in [-0.39, 0.29) is 5.92 Å². The normalized spacial score (nSPS) is 24.0. The molecule has 0 radical (unpaired) electrons. The number of rotatable bonds is 6. The molecule has 2 aliphatic rings. The molecular formula is C23H34N4O. The van der Waals surface area contributed by atoms with Gasteiger partial charge < -0.3 is 9.30 Å². The summed E-state index contributed by atoms with van der Waals surface area (Å²) in [7, 11) is 0. The van der Waals surface area contributed by atoms with Crippen LogP contribution in [-0.4, -0.2) is 51.3 Å². The molecule has 1 aliphatic carbocycles. The van der Waals surface area contributed by atoms with Crippen LogP contribution in [0, 0.1) is 11.8 Å². The summed E-state index contributed by atoms with van der Waals surface area (Å²) in [6.07, 6.45) is 12.8. The minimum atomic E-state index is 0.281. The summed E-state index contributed by atoms with van der Waals surface area (Å²) in [5.74, 6) is 1.57. The van der Waals surface area contributed by atoms with Crippen LogP contribution in [0.4, 0.5) is 0 Å². The molecule has 2 fully saturated rings. The van der Waals surface area contributed by atoms with Gasteiger partial charge in [-0.3, -0.25) is 9.69 Å². The van der Waals surface area contributed by atoms with Crippen molar-refractivity contribution in [1.82, 2.24) is 19.2 Å². The Hall–Kier alpha value is -1.88. The van der Waals surface area contributed by atoms with Crippen molar-refractivity contribution < 1.29 is 4.79 Å². The first-order valence-corrected chi connectivity index (χ1v) is 11.2. The lowest BCUT2D eigenvalue weighted by atomic mass is 9.79. The number of nitrogens with zero attached hydrogens (tertiary/aromatic N) is 4. The third kappa shape index (κ3) is 4.40. The Labute approximate surface area is 168 Å². The maximum Gasteiger partial charge on any atom is 0.225 e. The second-order valence-electron chi connectivity index (χ2n) is 8.64. The van der Waals surface area contributed by atoms with E-state index in [1.54, 1.807) is 0 Å². The molecule has 5 heteroatoms. The Morgan fingerprint density at radius 1 is 1.11 bits per heavy atom. The zero-order valence-corrected chi connectivity index (χ0v) is 17.2. The second-order valence-corrected chi connectivity index (χ2v) is 8.64. The van der Waals surface area contributed by atoms with E-state index in [4.69, 9.17) is 0 Å². The lowest BCUT2D eigenvalue weighted by molar-refractivity contribution is -0.138. The van der Waals surface area contributed by atoms with E-state index in [1.807, 2.05) is 24.4 Å². The molecule has 0 aromatic carbocycles. The van der Waals surface area contributed by atoms with Gasteiger partial charge in [-0.2, -0.15) is 0 Å². The highest BCUT2D eigenvalue weighted by atomic mass is 16.2. The largest absolute Gasteiger partial charge is 0.340 e. The van der Waals surface area contributed by atoms with E-state index in [0.29, 0.717) is 5.91 Å². The quantitative estimate of drug-likeness (QED) is 0.759. The van der Waals surface area contributed by atoms with E-state index in [1.165, 1.54) is 37.8 Å². The van der Waals surface area contributed by atoms with Crippen LogP contribution in [0.25, 0.3) is 5.65 Å². The molecule has 0 N–H and O–H groups in total. The third-order valence-corrected chi connectivity index (χ3v) is 6.73. The first-order chi connectivity index (χ1) is 13.7. The number of imidazole rings is 1. The minimum Gasteiger partial charge on any atom is -0.340 e. The van der Waals surface area contributed by atoms with Gasteiger partial charge in [0.1, 0.15) is 5.65 Å². The number of fused-ring (bicyclic) bond motifs is 1. The number of piperazine rings is 1. The molecule has 1 saturated heterocycles. The van der Waals surface area contributed by atoms with Crippen molar-refractivity contribution in [2.75, 3.05) is 26.2 Å². The molecule has 0 atom stereocenters. The van der Waals surface area contributed by atoms with Crippen LogP contribution in [-0.2, 0) is 11.3 Å². The molecule has 2 aromatic heterocycles. The molecule has 0 unspecified atom stereocenters. The van der Waals surface area contributed by atoms with Crippen LogP contribution in [0.15, 0.2) is 30.6 Å². The van der Waals surface area contributed by atoms with Crippen LogP contribution >= 0.6 is 0 Å². The Kier molecular flexibility index (Phi) is 6.30. The molecule has 4 rings (SSSR count). The SMILES string of the molecule is CCCCC1CCC(C(=O)N2CCN(Cc3cnc4ccccn34)CC2)CC1. The smallest absolute Gasteiger partial charge is 0.225 e. The van der Waals surface area contributed by atoms with Gasteiger partial charge in [0.15, 0.2) is 0 Å². The first-order valence-electron chi connectivity index (χ1n) is 11.2. The van der Waals surface area contributed by atoms with E-state index >= 15 is 0 Å². The van der Waals surface area contributed by atoms with Gasteiger partial charge in [0.25, 0.3) is 0 Å². The third-order valence-electron chi connectivity index (χ3n) is 6.73. The predicted molar refractivity (Wildman–Crippen MR) is 112 cm³/mol. The van der Waals surface area contributed by atoms with Crippen molar-refractivity contribution >= 4 is 11.6 Å². The lowest BCUT2D eigenvalue weighted by Crippen LogP contribution is -2.50. The topological polar surface area (TPSA) is 40.9 Å². The van der Waals surface area contributed by atoms with Gasteiger partial charge >= 0.3 is 0 Å². The average Bonchev–Trinajstić information content (AvgIpc) is 3.15. The highest BCUT2D eigenvalue weighted by Gasteiger charge is 2.31. The zero-order valence-electron chi connectivity index (χ0n) is 17.2. The number of aromatic nitrogens is 2. The highest BCUT2D eigenvalue weighted by molar-refractivity contribution is 5.79. The van der Waals surface area contributed by atoms with Crippen molar-refractivity contribution in [2.45, 2.75) is 58.4 Å². The molecule has 0 spiro atoms. The van der Waals surface area contributed by atoms with E-state index < -0.39 is 0 Å². The molecule has 2 aromatic rings. The lowest BCUT2D eigenvalue weighted by Gasteiger charge is -2.38.